The van der Waals surface area contributed by atoms with E-state index in [1.807, 2.05) is 12.3 Å². The molecule has 0 saturated carbocycles. The molecule has 1 saturated heterocycles. The highest BCUT2D eigenvalue weighted by molar-refractivity contribution is 6.35. The van der Waals surface area contributed by atoms with Crippen molar-refractivity contribution in [2.24, 2.45) is 4.99 Å². The van der Waals surface area contributed by atoms with Crippen molar-refractivity contribution in [2.75, 3.05) is 60.5 Å². The zero-order chi connectivity index (χ0) is 27.4. The standard InChI is InChI=1S/C26H34Cl2N6O4/c1-5-20(35)33-11-9-32(10-12-33)7-6-8-34-24-16(15-30-26(29-2)31-24)13-17(25(34)36)21-22(27)18(37-3)14-19(38-4)23(21)28/h5,13-15,18,22,24H,1,6-12H2,2-4H3,(H2,29,30,31). The van der Waals surface area contributed by atoms with Gasteiger partial charge < -0.3 is 29.9 Å². The SMILES string of the molecule is C=CC(=O)N1CCN(CCCN2C(=O)C(C3=C(Cl)C(OC)=CC(OC)C3Cl)=CC3=CNC(=NC)NC32)CC1. The normalized spacial score (nSPS) is 27.2. The number of halogens is 2. The number of hydrogen-bond donors (Lipinski definition) is 2. The van der Waals surface area contributed by atoms with E-state index in [0.29, 0.717) is 47.5 Å². The number of nitrogens with zero attached hydrogens (tertiary/aromatic N) is 4. The number of hydrogen-bond acceptors (Lipinski definition) is 6. The third kappa shape index (κ3) is 5.63. The minimum Gasteiger partial charge on any atom is -0.495 e. The summed E-state index contributed by atoms with van der Waals surface area (Å²) in [6.45, 7) is 7.75. The number of carbonyl (C=O) groups excluding carboxylic acids is 2. The summed E-state index contributed by atoms with van der Waals surface area (Å²) in [4.78, 5) is 36.0. The first-order chi connectivity index (χ1) is 18.3. The van der Waals surface area contributed by atoms with E-state index in [1.165, 1.54) is 13.2 Å². The fourth-order valence-electron chi connectivity index (χ4n) is 5.04. The van der Waals surface area contributed by atoms with Crippen LogP contribution in [-0.4, -0.2) is 111 Å². The van der Waals surface area contributed by atoms with Crippen molar-refractivity contribution in [1.29, 1.82) is 0 Å². The van der Waals surface area contributed by atoms with Gasteiger partial charge in [0.05, 0.1) is 23.6 Å². The van der Waals surface area contributed by atoms with Crippen LogP contribution >= 0.6 is 23.2 Å². The number of alkyl halides is 1. The molecule has 0 aromatic carbocycles. The first-order valence-electron chi connectivity index (χ1n) is 12.5. The van der Waals surface area contributed by atoms with Gasteiger partial charge in [-0.15, -0.1) is 11.6 Å². The molecule has 0 bridgehead atoms. The lowest BCUT2D eigenvalue weighted by Gasteiger charge is -2.41. The molecule has 2 N–H and O–H groups in total. The number of aliphatic imine (C=N–C) groups is 1. The van der Waals surface area contributed by atoms with E-state index in [2.05, 4.69) is 27.1 Å². The van der Waals surface area contributed by atoms with E-state index in [1.54, 1.807) is 30.0 Å². The number of ether oxygens (including phenoxy) is 2. The molecule has 3 heterocycles. The lowest BCUT2D eigenvalue weighted by Crippen LogP contribution is -2.59. The molecule has 12 heteroatoms. The summed E-state index contributed by atoms with van der Waals surface area (Å²) < 4.78 is 11.0. The van der Waals surface area contributed by atoms with E-state index in [4.69, 9.17) is 32.7 Å². The smallest absolute Gasteiger partial charge is 0.256 e. The van der Waals surface area contributed by atoms with Gasteiger partial charge in [-0.25, -0.2) is 0 Å². The molecule has 1 fully saturated rings. The number of amides is 2. The van der Waals surface area contributed by atoms with E-state index >= 15 is 0 Å². The van der Waals surface area contributed by atoms with Gasteiger partial charge in [0.1, 0.15) is 11.9 Å². The van der Waals surface area contributed by atoms with Crippen LogP contribution in [0.3, 0.4) is 0 Å². The van der Waals surface area contributed by atoms with E-state index in [0.717, 1.165) is 31.6 Å². The summed E-state index contributed by atoms with van der Waals surface area (Å²) in [6.07, 6.45) is 6.56. The van der Waals surface area contributed by atoms with Crippen molar-refractivity contribution < 1.29 is 19.1 Å². The Balaban J connectivity index is 1.55. The Bertz CT molecular complexity index is 1120. The topological polar surface area (TPSA) is 98.7 Å². The number of carbonyl (C=O) groups is 2. The Hall–Kier alpha value is -2.79. The largest absolute Gasteiger partial charge is 0.495 e. The Morgan fingerprint density at radius 1 is 1.26 bits per heavy atom. The molecule has 38 heavy (non-hydrogen) atoms. The fraction of sp³-hybridized carbons (Fsp3) is 0.500. The highest BCUT2D eigenvalue weighted by Crippen LogP contribution is 2.40. The van der Waals surface area contributed by atoms with Crippen molar-refractivity contribution in [3.05, 3.63) is 58.5 Å². The second kappa shape index (κ2) is 12.4. The third-order valence-corrected chi connectivity index (χ3v) is 8.01. The van der Waals surface area contributed by atoms with Crippen LogP contribution < -0.4 is 10.6 Å². The summed E-state index contributed by atoms with van der Waals surface area (Å²) in [6, 6.07) is 0. The minimum atomic E-state index is -0.674. The van der Waals surface area contributed by atoms with Crippen LogP contribution in [0, 0.1) is 0 Å². The van der Waals surface area contributed by atoms with Crippen molar-refractivity contribution in [2.45, 2.75) is 24.1 Å². The molecule has 0 aromatic heterocycles. The summed E-state index contributed by atoms with van der Waals surface area (Å²) in [5, 5.41) is 6.04. The Morgan fingerprint density at radius 2 is 2.00 bits per heavy atom. The molecule has 0 aromatic rings. The number of fused-ring (bicyclic) bond motifs is 1. The maximum atomic E-state index is 14.0. The van der Waals surface area contributed by atoms with Crippen LogP contribution in [-0.2, 0) is 19.1 Å². The maximum Gasteiger partial charge on any atom is 0.256 e. The van der Waals surface area contributed by atoms with E-state index < -0.39 is 11.5 Å². The highest BCUT2D eigenvalue weighted by Gasteiger charge is 2.41. The van der Waals surface area contributed by atoms with Crippen LogP contribution in [0.1, 0.15) is 6.42 Å². The summed E-state index contributed by atoms with van der Waals surface area (Å²) in [7, 11) is 4.74. The zero-order valence-corrected chi connectivity index (χ0v) is 23.4. The summed E-state index contributed by atoms with van der Waals surface area (Å²) in [5.41, 5.74) is 1.73. The molecular formula is C26H34Cl2N6O4. The average molecular weight is 566 g/mol. The quantitative estimate of drug-likeness (QED) is 0.340. The molecule has 1 aliphatic carbocycles. The second-order valence-electron chi connectivity index (χ2n) is 9.25. The van der Waals surface area contributed by atoms with Gasteiger partial charge >= 0.3 is 0 Å². The van der Waals surface area contributed by atoms with Crippen LogP contribution in [0.15, 0.2) is 63.5 Å². The van der Waals surface area contributed by atoms with E-state index in [-0.39, 0.29) is 18.0 Å². The molecule has 3 aliphatic heterocycles. The maximum absolute atomic E-state index is 14.0. The van der Waals surface area contributed by atoms with Crippen molar-refractivity contribution in [1.82, 2.24) is 25.3 Å². The molecule has 2 amide bonds. The molecular weight excluding hydrogens is 531 g/mol. The lowest BCUT2D eigenvalue weighted by atomic mass is 9.88. The molecule has 3 atom stereocenters. The molecule has 206 valence electrons. The first-order valence-corrected chi connectivity index (χ1v) is 13.3. The van der Waals surface area contributed by atoms with E-state index in [9.17, 15) is 9.59 Å². The Morgan fingerprint density at radius 3 is 2.63 bits per heavy atom. The van der Waals surface area contributed by atoms with Crippen molar-refractivity contribution in [3.63, 3.8) is 0 Å². The molecule has 0 radical (unpaired) electrons. The van der Waals surface area contributed by atoms with Gasteiger partial charge in [-0.05, 0) is 31.2 Å². The van der Waals surface area contributed by atoms with Crippen LogP contribution in [0.25, 0.3) is 0 Å². The van der Waals surface area contributed by atoms with Crippen molar-refractivity contribution in [3.8, 4) is 0 Å². The minimum absolute atomic E-state index is 0.0389. The Labute approximate surface area is 233 Å². The zero-order valence-electron chi connectivity index (χ0n) is 21.9. The average Bonchev–Trinajstić information content (AvgIpc) is 2.94. The predicted molar refractivity (Wildman–Crippen MR) is 148 cm³/mol. The van der Waals surface area contributed by atoms with Gasteiger partial charge in [0.15, 0.2) is 5.96 Å². The van der Waals surface area contributed by atoms with Crippen LogP contribution in [0.5, 0.6) is 0 Å². The molecule has 10 nitrogen and oxygen atoms in total. The number of allylic oxidation sites excluding steroid dienone is 1. The fourth-order valence-corrected chi connectivity index (χ4v) is 5.86. The van der Waals surface area contributed by atoms with Crippen LogP contribution in [0.2, 0.25) is 0 Å². The number of nitrogens with one attached hydrogen (secondary N) is 2. The van der Waals surface area contributed by atoms with Crippen LogP contribution in [0.4, 0.5) is 0 Å². The first kappa shape index (κ1) is 28.2. The van der Waals surface area contributed by atoms with Gasteiger partial charge in [0.25, 0.3) is 5.91 Å². The molecule has 3 unspecified atom stereocenters. The number of piperazine rings is 1. The molecule has 4 rings (SSSR count). The third-order valence-electron chi connectivity index (χ3n) is 7.15. The Kier molecular flexibility index (Phi) is 9.19. The number of rotatable bonds is 8. The van der Waals surface area contributed by atoms with Gasteiger partial charge in [-0.3, -0.25) is 19.5 Å². The lowest BCUT2D eigenvalue weighted by molar-refractivity contribution is -0.130. The number of methoxy groups -OCH3 is 2. The monoisotopic (exact) mass is 564 g/mol. The van der Waals surface area contributed by atoms with Gasteiger partial charge in [0, 0.05) is 69.8 Å². The highest BCUT2D eigenvalue weighted by atomic mass is 35.5. The second-order valence-corrected chi connectivity index (χ2v) is 10.1. The predicted octanol–water partition coefficient (Wildman–Crippen LogP) is 1.52. The summed E-state index contributed by atoms with van der Waals surface area (Å²) in [5.74, 6) is 0.758. The van der Waals surface area contributed by atoms with Gasteiger partial charge in [0.2, 0.25) is 5.91 Å². The summed E-state index contributed by atoms with van der Waals surface area (Å²) >= 11 is 13.5. The van der Waals surface area contributed by atoms with Crippen molar-refractivity contribution >= 4 is 41.0 Å². The molecule has 0 spiro atoms. The number of guanidine groups is 1. The molecule has 4 aliphatic rings. The van der Waals surface area contributed by atoms with Gasteiger partial charge in [-0.2, -0.15) is 0 Å². The van der Waals surface area contributed by atoms with Gasteiger partial charge in [-0.1, -0.05) is 18.2 Å².